The predicted molar refractivity (Wildman–Crippen MR) is 84.0 cm³/mol. The first-order valence-electron chi connectivity index (χ1n) is 7.10. The Morgan fingerprint density at radius 3 is 2.68 bits per heavy atom. The van der Waals surface area contributed by atoms with Crippen LogP contribution in [0.15, 0.2) is 30.3 Å². The van der Waals surface area contributed by atoms with Crippen LogP contribution in [0.4, 0.5) is 0 Å². The molecule has 5 heteroatoms. The minimum Gasteiger partial charge on any atom is -0.481 e. The number of benzene rings is 1. The van der Waals surface area contributed by atoms with Crippen LogP contribution in [-0.4, -0.2) is 25.7 Å². The molecule has 0 saturated heterocycles. The molecule has 0 aliphatic rings. The molecule has 0 fully saturated rings. The van der Waals surface area contributed by atoms with Gasteiger partial charge >= 0.3 is 5.97 Å². The number of carboxylic acid groups (broad SMARTS) is 1. The van der Waals surface area contributed by atoms with Crippen molar-refractivity contribution in [2.75, 3.05) is 0 Å². The molecule has 1 N–H and O–H groups in total. The fourth-order valence-corrected chi connectivity index (χ4v) is 2.68. The second-order valence-electron chi connectivity index (χ2n) is 5.50. The van der Waals surface area contributed by atoms with Gasteiger partial charge in [-0.25, -0.2) is 9.50 Å². The van der Waals surface area contributed by atoms with Gasteiger partial charge in [0.25, 0.3) is 0 Å². The van der Waals surface area contributed by atoms with Crippen molar-refractivity contribution in [2.45, 2.75) is 27.2 Å². The second-order valence-corrected chi connectivity index (χ2v) is 5.50. The Bertz CT molecular complexity index is 881. The second kappa shape index (κ2) is 5.26. The average molecular weight is 295 g/mol. The highest BCUT2D eigenvalue weighted by Gasteiger charge is 2.15. The van der Waals surface area contributed by atoms with Gasteiger partial charge in [0, 0.05) is 28.6 Å². The maximum absolute atomic E-state index is 11.0. The summed E-state index contributed by atoms with van der Waals surface area (Å²) < 4.78 is 1.73. The third kappa shape index (κ3) is 2.45. The van der Waals surface area contributed by atoms with E-state index in [1.165, 1.54) is 5.56 Å². The highest BCUT2D eigenvalue weighted by Crippen LogP contribution is 2.23. The Hall–Kier alpha value is -2.69. The van der Waals surface area contributed by atoms with E-state index in [-0.39, 0.29) is 6.42 Å². The fourth-order valence-electron chi connectivity index (χ4n) is 2.68. The summed E-state index contributed by atoms with van der Waals surface area (Å²) in [5.41, 5.74) is 6.06. The van der Waals surface area contributed by atoms with Gasteiger partial charge in [-0.05, 0) is 26.8 Å². The Balaban J connectivity index is 2.18. The zero-order valence-electron chi connectivity index (χ0n) is 12.8. The molecule has 0 bridgehead atoms. The smallest absolute Gasteiger partial charge is 0.307 e. The molecule has 0 radical (unpaired) electrons. The molecule has 0 saturated carbocycles. The number of hydrogen-bond acceptors (Lipinski definition) is 3. The summed E-state index contributed by atoms with van der Waals surface area (Å²) in [5.74, 6) is -0.863. The Kier molecular flexibility index (Phi) is 3.41. The minimum atomic E-state index is -0.863. The van der Waals surface area contributed by atoms with Crippen LogP contribution in [0, 0.1) is 20.8 Å². The van der Waals surface area contributed by atoms with Crippen molar-refractivity contribution in [3.05, 3.63) is 52.8 Å². The number of carbonyl (C=O) groups is 1. The molecule has 5 nitrogen and oxygen atoms in total. The lowest BCUT2D eigenvalue weighted by Gasteiger charge is -2.08. The van der Waals surface area contributed by atoms with Crippen molar-refractivity contribution in [3.8, 4) is 11.3 Å². The third-order valence-corrected chi connectivity index (χ3v) is 3.81. The number of aromatic nitrogens is 3. The molecule has 22 heavy (non-hydrogen) atoms. The van der Waals surface area contributed by atoms with Gasteiger partial charge in [-0.15, -0.1) is 0 Å². The van der Waals surface area contributed by atoms with E-state index in [1.807, 2.05) is 45.0 Å². The van der Waals surface area contributed by atoms with Gasteiger partial charge in [0.1, 0.15) is 0 Å². The van der Waals surface area contributed by atoms with Crippen LogP contribution in [-0.2, 0) is 11.2 Å². The SMILES string of the molecule is Cc1cccc(-c2cc3nc(C)c(CC(=O)O)c(C)n3n2)c1. The highest BCUT2D eigenvalue weighted by molar-refractivity contribution is 5.71. The van der Waals surface area contributed by atoms with Crippen molar-refractivity contribution >= 4 is 11.6 Å². The van der Waals surface area contributed by atoms with E-state index in [0.717, 1.165) is 33.9 Å². The molecule has 0 spiro atoms. The van der Waals surface area contributed by atoms with Crippen LogP contribution in [0.2, 0.25) is 0 Å². The Labute approximate surface area is 128 Å². The molecule has 0 atom stereocenters. The van der Waals surface area contributed by atoms with Crippen molar-refractivity contribution < 1.29 is 9.90 Å². The molecule has 2 aromatic heterocycles. The van der Waals surface area contributed by atoms with Crippen LogP contribution >= 0.6 is 0 Å². The standard InChI is InChI=1S/C17H17N3O2/c1-10-5-4-6-13(7-10)15-9-16-18-11(2)14(8-17(21)22)12(3)20(16)19-15/h4-7,9H,8H2,1-3H3,(H,21,22). The molecule has 3 aromatic rings. The van der Waals surface area contributed by atoms with Crippen molar-refractivity contribution in [1.29, 1.82) is 0 Å². The zero-order valence-corrected chi connectivity index (χ0v) is 12.8. The summed E-state index contributed by atoms with van der Waals surface area (Å²) in [4.78, 5) is 15.5. The topological polar surface area (TPSA) is 67.5 Å². The maximum atomic E-state index is 11.0. The van der Waals surface area contributed by atoms with Crippen LogP contribution in [0.1, 0.15) is 22.5 Å². The normalized spacial score (nSPS) is 11.0. The lowest BCUT2D eigenvalue weighted by molar-refractivity contribution is -0.136. The summed E-state index contributed by atoms with van der Waals surface area (Å²) in [5, 5.41) is 13.6. The Morgan fingerprint density at radius 1 is 1.23 bits per heavy atom. The average Bonchev–Trinajstić information content (AvgIpc) is 2.87. The first-order chi connectivity index (χ1) is 10.5. The van der Waals surface area contributed by atoms with Gasteiger partial charge in [-0.2, -0.15) is 5.10 Å². The lowest BCUT2D eigenvalue weighted by atomic mass is 10.1. The fraction of sp³-hybridized carbons (Fsp3) is 0.235. The summed E-state index contributed by atoms with van der Waals surface area (Å²) >= 11 is 0. The minimum absolute atomic E-state index is 0.0414. The summed E-state index contributed by atoms with van der Waals surface area (Å²) in [6, 6.07) is 10.0. The van der Waals surface area contributed by atoms with Gasteiger partial charge in [0.15, 0.2) is 5.65 Å². The number of hydrogen-bond donors (Lipinski definition) is 1. The van der Waals surface area contributed by atoms with E-state index in [0.29, 0.717) is 0 Å². The van der Waals surface area contributed by atoms with Gasteiger partial charge in [0.2, 0.25) is 0 Å². The lowest BCUT2D eigenvalue weighted by Crippen LogP contribution is -2.10. The molecular formula is C17H17N3O2. The quantitative estimate of drug-likeness (QED) is 0.806. The van der Waals surface area contributed by atoms with Crippen LogP contribution in [0.5, 0.6) is 0 Å². The number of aliphatic carboxylic acids is 1. The molecular weight excluding hydrogens is 278 g/mol. The van der Waals surface area contributed by atoms with Crippen LogP contribution in [0.3, 0.4) is 0 Å². The first-order valence-corrected chi connectivity index (χ1v) is 7.10. The maximum Gasteiger partial charge on any atom is 0.307 e. The third-order valence-electron chi connectivity index (χ3n) is 3.81. The van der Waals surface area contributed by atoms with E-state index >= 15 is 0 Å². The van der Waals surface area contributed by atoms with Crippen LogP contribution < -0.4 is 0 Å². The monoisotopic (exact) mass is 295 g/mol. The molecule has 112 valence electrons. The van der Waals surface area contributed by atoms with Gasteiger partial charge < -0.3 is 5.11 Å². The van der Waals surface area contributed by atoms with E-state index in [9.17, 15) is 4.79 Å². The van der Waals surface area contributed by atoms with E-state index in [1.54, 1.807) is 4.52 Å². The largest absolute Gasteiger partial charge is 0.481 e. The summed E-state index contributed by atoms with van der Waals surface area (Å²) in [6.45, 7) is 5.76. The molecule has 0 aliphatic carbocycles. The summed E-state index contributed by atoms with van der Waals surface area (Å²) in [6.07, 6.45) is -0.0414. The predicted octanol–water partition coefficient (Wildman–Crippen LogP) is 2.95. The number of aryl methyl sites for hydroxylation is 3. The number of carboxylic acids is 1. The van der Waals surface area contributed by atoms with Gasteiger partial charge in [-0.3, -0.25) is 4.79 Å². The summed E-state index contributed by atoms with van der Waals surface area (Å²) in [7, 11) is 0. The zero-order chi connectivity index (χ0) is 15.9. The van der Waals surface area contributed by atoms with Crippen molar-refractivity contribution in [1.82, 2.24) is 14.6 Å². The first kappa shape index (κ1) is 14.3. The Morgan fingerprint density at radius 2 is 2.00 bits per heavy atom. The molecule has 1 aromatic carbocycles. The van der Waals surface area contributed by atoms with Crippen LogP contribution in [0.25, 0.3) is 16.9 Å². The van der Waals surface area contributed by atoms with E-state index < -0.39 is 5.97 Å². The van der Waals surface area contributed by atoms with Gasteiger partial charge in [-0.1, -0.05) is 23.8 Å². The number of fused-ring (bicyclic) bond motifs is 1. The molecule has 0 unspecified atom stereocenters. The van der Waals surface area contributed by atoms with Crippen molar-refractivity contribution in [3.63, 3.8) is 0 Å². The van der Waals surface area contributed by atoms with E-state index in [4.69, 9.17) is 5.11 Å². The molecule has 0 amide bonds. The number of nitrogens with zero attached hydrogens (tertiary/aromatic N) is 3. The molecule has 3 rings (SSSR count). The molecule has 2 heterocycles. The molecule has 0 aliphatic heterocycles. The number of rotatable bonds is 3. The van der Waals surface area contributed by atoms with Crippen molar-refractivity contribution in [2.24, 2.45) is 0 Å². The van der Waals surface area contributed by atoms with E-state index in [2.05, 4.69) is 16.1 Å². The van der Waals surface area contributed by atoms with Gasteiger partial charge in [0.05, 0.1) is 12.1 Å². The highest BCUT2D eigenvalue weighted by atomic mass is 16.4.